The summed E-state index contributed by atoms with van der Waals surface area (Å²) >= 11 is 0. The number of carbonyl (C=O) groups is 1. The molecule has 2 aliphatic rings. The molecule has 8 nitrogen and oxygen atoms in total. The van der Waals surface area contributed by atoms with Gasteiger partial charge in [-0.05, 0) is 44.7 Å². The Morgan fingerprint density at radius 3 is 2.30 bits per heavy atom. The SMILES string of the molecule is Cc1nc(-c2ccc(NC(=O)N(CC3CCCO3)CC3CCCO3)cc2)cc(=O)[nH]1. The number of anilines is 1. The Morgan fingerprint density at radius 1 is 1.13 bits per heavy atom. The van der Waals surface area contributed by atoms with E-state index in [0.717, 1.165) is 44.5 Å². The third kappa shape index (κ3) is 5.25. The Labute approximate surface area is 175 Å². The maximum Gasteiger partial charge on any atom is 0.322 e. The van der Waals surface area contributed by atoms with Crippen molar-refractivity contribution in [1.29, 1.82) is 0 Å². The van der Waals surface area contributed by atoms with Gasteiger partial charge in [0.15, 0.2) is 0 Å². The van der Waals surface area contributed by atoms with E-state index in [1.165, 1.54) is 6.07 Å². The largest absolute Gasteiger partial charge is 0.376 e. The number of nitrogens with one attached hydrogen (secondary N) is 2. The van der Waals surface area contributed by atoms with Gasteiger partial charge in [0, 0.05) is 43.6 Å². The standard InChI is InChI=1S/C22H28N4O4/c1-15-23-20(12-21(27)24-15)16-6-8-17(9-7-16)25-22(28)26(13-18-4-2-10-29-18)14-19-5-3-11-30-19/h6-9,12,18-19H,2-5,10-11,13-14H2,1H3,(H,25,28)(H,23,24,27). The molecular formula is C22H28N4O4. The first-order chi connectivity index (χ1) is 14.6. The van der Waals surface area contributed by atoms with Gasteiger partial charge < -0.3 is 24.7 Å². The second-order valence-electron chi connectivity index (χ2n) is 7.90. The maximum absolute atomic E-state index is 13.0. The Kier molecular flexibility index (Phi) is 6.44. The summed E-state index contributed by atoms with van der Waals surface area (Å²) in [5.74, 6) is 0.564. The van der Waals surface area contributed by atoms with E-state index in [1.807, 2.05) is 29.2 Å². The number of aryl methyl sites for hydroxylation is 1. The molecule has 2 aromatic rings. The average molecular weight is 412 g/mol. The molecule has 4 rings (SSSR count). The molecule has 2 unspecified atom stereocenters. The third-order valence-electron chi connectivity index (χ3n) is 5.48. The molecule has 0 spiro atoms. The van der Waals surface area contributed by atoms with E-state index < -0.39 is 0 Å². The van der Waals surface area contributed by atoms with E-state index in [0.29, 0.717) is 30.3 Å². The summed E-state index contributed by atoms with van der Waals surface area (Å²) in [6.45, 7) is 4.41. The molecule has 30 heavy (non-hydrogen) atoms. The molecule has 2 amide bonds. The van der Waals surface area contributed by atoms with Gasteiger partial charge in [0.2, 0.25) is 0 Å². The smallest absolute Gasteiger partial charge is 0.322 e. The lowest BCUT2D eigenvalue weighted by atomic mass is 10.1. The van der Waals surface area contributed by atoms with E-state index in [1.54, 1.807) is 6.92 Å². The number of hydrogen-bond donors (Lipinski definition) is 2. The predicted octanol–water partition coefficient (Wildman–Crippen LogP) is 2.94. The molecule has 1 aromatic carbocycles. The van der Waals surface area contributed by atoms with Gasteiger partial charge in [-0.2, -0.15) is 0 Å². The van der Waals surface area contributed by atoms with Crippen LogP contribution in [-0.2, 0) is 9.47 Å². The highest BCUT2D eigenvalue weighted by molar-refractivity contribution is 5.89. The van der Waals surface area contributed by atoms with Crippen molar-refractivity contribution in [1.82, 2.24) is 14.9 Å². The number of benzene rings is 1. The third-order valence-corrected chi connectivity index (χ3v) is 5.48. The number of hydrogen-bond acceptors (Lipinski definition) is 5. The molecule has 0 aliphatic carbocycles. The zero-order valence-electron chi connectivity index (χ0n) is 17.2. The fourth-order valence-corrected chi connectivity index (χ4v) is 3.96. The number of ether oxygens (including phenoxy) is 2. The van der Waals surface area contributed by atoms with Crippen LogP contribution in [-0.4, -0.2) is 59.4 Å². The zero-order valence-corrected chi connectivity index (χ0v) is 17.2. The van der Waals surface area contributed by atoms with Crippen molar-refractivity contribution < 1.29 is 14.3 Å². The summed E-state index contributed by atoms with van der Waals surface area (Å²) in [7, 11) is 0. The monoisotopic (exact) mass is 412 g/mol. The summed E-state index contributed by atoms with van der Waals surface area (Å²) in [6.07, 6.45) is 4.21. The number of H-pyrrole nitrogens is 1. The summed E-state index contributed by atoms with van der Waals surface area (Å²) in [5.41, 5.74) is 1.93. The lowest BCUT2D eigenvalue weighted by molar-refractivity contribution is 0.0524. The Hall–Kier alpha value is -2.71. The van der Waals surface area contributed by atoms with Gasteiger partial charge >= 0.3 is 6.03 Å². The fourth-order valence-electron chi connectivity index (χ4n) is 3.96. The molecule has 1 aromatic heterocycles. The first kappa shape index (κ1) is 20.6. The van der Waals surface area contributed by atoms with E-state index in [4.69, 9.17) is 9.47 Å². The van der Waals surface area contributed by atoms with Crippen LogP contribution in [0.3, 0.4) is 0 Å². The second-order valence-corrected chi connectivity index (χ2v) is 7.90. The minimum absolute atomic E-state index is 0.0880. The summed E-state index contributed by atoms with van der Waals surface area (Å²) < 4.78 is 11.5. The number of aromatic nitrogens is 2. The van der Waals surface area contributed by atoms with Crippen molar-refractivity contribution >= 4 is 11.7 Å². The Morgan fingerprint density at radius 2 is 1.77 bits per heavy atom. The second kappa shape index (κ2) is 9.40. The molecule has 0 radical (unpaired) electrons. The van der Waals surface area contributed by atoms with Crippen LogP contribution in [0.25, 0.3) is 11.3 Å². The van der Waals surface area contributed by atoms with E-state index in [9.17, 15) is 9.59 Å². The van der Waals surface area contributed by atoms with Gasteiger partial charge in [0.25, 0.3) is 5.56 Å². The highest BCUT2D eigenvalue weighted by atomic mass is 16.5. The van der Waals surface area contributed by atoms with Gasteiger partial charge in [-0.15, -0.1) is 0 Å². The molecule has 3 heterocycles. The lowest BCUT2D eigenvalue weighted by Crippen LogP contribution is -2.44. The minimum atomic E-state index is -0.186. The Balaban J connectivity index is 1.43. The molecule has 2 atom stereocenters. The molecule has 0 saturated carbocycles. The van der Waals surface area contributed by atoms with Crippen molar-refractivity contribution in [2.45, 2.75) is 44.8 Å². The Bertz CT molecular complexity index is 897. The molecule has 8 heteroatoms. The number of aromatic amines is 1. The van der Waals surface area contributed by atoms with E-state index >= 15 is 0 Å². The lowest BCUT2D eigenvalue weighted by Gasteiger charge is -2.28. The summed E-state index contributed by atoms with van der Waals surface area (Å²) in [6, 6.07) is 8.65. The number of nitrogens with zero attached hydrogens (tertiary/aromatic N) is 2. The van der Waals surface area contributed by atoms with Crippen LogP contribution in [0.15, 0.2) is 35.1 Å². The number of carbonyl (C=O) groups excluding carboxylic acids is 1. The fraction of sp³-hybridized carbons (Fsp3) is 0.500. The first-order valence-electron chi connectivity index (χ1n) is 10.5. The van der Waals surface area contributed by atoms with Crippen molar-refractivity contribution in [2.75, 3.05) is 31.6 Å². The van der Waals surface area contributed by atoms with Gasteiger partial charge in [0.1, 0.15) is 5.82 Å². The van der Waals surface area contributed by atoms with Gasteiger partial charge in [-0.1, -0.05) is 12.1 Å². The normalized spacial score (nSPS) is 21.0. The van der Waals surface area contributed by atoms with Gasteiger partial charge in [-0.25, -0.2) is 9.78 Å². The number of urea groups is 1. The van der Waals surface area contributed by atoms with E-state index in [2.05, 4.69) is 15.3 Å². The quantitative estimate of drug-likeness (QED) is 0.760. The number of amides is 2. The van der Waals surface area contributed by atoms with Gasteiger partial charge in [0.05, 0.1) is 17.9 Å². The predicted molar refractivity (Wildman–Crippen MR) is 114 cm³/mol. The van der Waals surface area contributed by atoms with Crippen LogP contribution in [0.4, 0.5) is 10.5 Å². The topological polar surface area (TPSA) is 96.6 Å². The van der Waals surface area contributed by atoms with Crippen LogP contribution >= 0.6 is 0 Å². The molecule has 2 N–H and O–H groups in total. The average Bonchev–Trinajstić information content (AvgIpc) is 3.41. The van der Waals surface area contributed by atoms with Crippen molar-refractivity contribution in [3.05, 3.63) is 46.5 Å². The molecule has 2 fully saturated rings. The van der Waals surface area contributed by atoms with Crippen LogP contribution < -0.4 is 10.9 Å². The highest BCUT2D eigenvalue weighted by Gasteiger charge is 2.27. The van der Waals surface area contributed by atoms with Gasteiger partial charge in [-0.3, -0.25) is 4.79 Å². The molecule has 0 bridgehead atoms. The maximum atomic E-state index is 13.0. The summed E-state index contributed by atoms with van der Waals surface area (Å²) in [4.78, 5) is 33.5. The molecule has 160 valence electrons. The van der Waals surface area contributed by atoms with Crippen LogP contribution in [0.1, 0.15) is 31.5 Å². The van der Waals surface area contributed by atoms with Crippen molar-refractivity contribution in [2.24, 2.45) is 0 Å². The van der Waals surface area contributed by atoms with Crippen molar-refractivity contribution in [3.8, 4) is 11.3 Å². The molecule has 2 saturated heterocycles. The van der Waals surface area contributed by atoms with Crippen LogP contribution in [0, 0.1) is 6.92 Å². The minimum Gasteiger partial charge on any atom is -0.376 e. The zero-order chi connectivity index (χ0) is 20.9. The van der Waals surface area contributed by atoms with Crippen LogP contribution in [0.2, 0.25) is 0 Å². The number of rotatable bonds is 6. The molecular weight excluding hydrogens is 384 g/mol. The highest BCUT2D eigenvalue weighted by Crippen LogP contribution is 2.21. The molecule has 2 aliphatic heterocycles. The van der Waals surface area contributed by atoms with Crippen molar-refractivity contribution in [3.63, 3.8) is 0 Å². The van der Waals surface area contributed by atoms with Crippen LogP contribution in [0.5, 0.6) is 0 Å². The summed E-state index contributed by atoms with van der Waals surface area (Å²) in [5, 5.41) is 2.98. The van der Waals surface area contributed by atoms with E-state index in [-0.39, 0.29) is 23.8 Å². The first-order valence-corrected chi connectivity index (χ1v) is 10.5.